The number of rotatable bonds is 6. The minimum atomic E-state index is -0.403. The van der Waals surface area contributed by atoms with Gasteiger partial charge in [-0.1, -0.05) is 31.5 Å². The Labute approximate surface area is 160 Å². The van der Waals surface area contributed by atoms with Gasteiger partial charge in [-0.05, 0) is 59.8 Å². The Bertz CT molecular complexity index is 783. The zero-order valence-electron chi connectivity index (χ0n) is 14.8. The second-order valence-corrected chi connectivity index (χ2v) is 8.54. The van der Waals surface area contributed by atoms with Crippen molar-refractivity contribution in [1.29, 1.82) is 0 Å². The van der Waals surface area contributed by atoms with E-state index in [1.165, 1.54) is 11.3 Å². The Morgan fingerprint density at radius 3 is 2.64 bits per heavy atom. The molecule has 0 unspecified atom stereocenters. The van der Waals surface area contributed by atoms with Crippen LogP contribution >= 0.6 is 27.3 Å². The highest BCUT2D eigenvalue weighted by Crippen LogP contribution is 2.39. The molecule has 0 fully saturated rings. The van der Waals surface area contributed by atoms with Crippen LogP contribution in [0, 0.1) is 12.8 Å². The molecule has 0 spiro atoms. The molecule has 0 radical (unpaired) electrons. The number of benzene rings is 1. The molecule has 1 amide bonds. The van der Waals surface area contributed by atoms with E-state index in [4.69, 9.17) is 4.74 Å². The van der Waals surface area contributed by atoms with Gasteiger partial charge in [0.2, 0.25) is 0 Å². The normalized spacial score (nSPS) is 10.8. The molecule has 134 valence electrons. The Hall–Kier alpha value is -1.66. The highest BCUT2D eigenvalue weighted by Gasteiger charge is 2.25. The quantitative estimate of drug-likeness (QED) is 0.628. The maximum absolute atomic E-state index is 12.6. The Morgan fingerprint density at radius 2 is 2.04 bits per heavy atom. The largest absolute Gasteiger partial charge is 0.462 e. The number of halogens is 1. The smallest absolute Gasteiger partial charge is 0.341 e. The van der Waals surface area contributed by atoms with Crippen LogP contribution < -0.4 is 5.32 Å². The summed E-state index contributed by atoms with van der Waals surface area (Å²) in [6.07, 6.45) is 0.728. The number of carbonyl (C=O) groups excluding carboxylic acids is 2. The van der Waals surface area contributed by atoms with Gasteiger partial charge in [-0.15, -0.1) is 11.3 Å². The molecule has 1 aromatic heterocycles. The Kier molecular flexibility index (Phi) is 6.79. The van der Waals surface area contributed by atoms with Crippen LogP contribution in [0.3, 0.4) is 0 Å². The average molecular weight is 424 g/mol. The number of ether oxygens (including phenoxy) is 1. The van der Waals surface area contributed by atoms with Crippen molar-refractivity contribution >= 4 is 44.1 Å². The van der Waals surface area contributed by atoms with Gasteiger partial charge >= 0.3 is 5.97 Å². The first-order valence-electron chi connectivity index (χ1n) is 8.19. The summed E-state index contributed by atoms with van der Waals surface area (Å²) in [6.45, 7) is 8.17. The summed E-state index contributed by atoms with van der Waals surface area (Å²) in [4.78, 5) is 25.0. The summed E-state index contributed by atoms with van der Waals surface area (Å²) in [7, 11) is 0. The van der Waals surface area contributed by atoms with E-state index in [1.807, 2.05) is 25.1 Å². The van der Waals surface area contributed by atoms with Gasteiger partial charge in [0.15, 0.2) is 0 Å². The van der Waals surface area contributed by atoms with Crippen molar-refractivity contribution in [2.75, 3.05) is 11.9 Å². The van der Waals surface area contributed by atoms with E-state index < -0.39 is 5.97 Å². The van der Waals surface area contributed by atoms with E-state index in [2.05, 4.69) is 35.1 Å². The monoisotopic (exact) mass is 423 g/mol. The Balaban J connectivity index is 2.39. The minimum Gasteiger partial charge on any atom is -0.462 e. The zero-order valence-corrected chi connectivity index (χ0v) is 17.2. The van der Waals surface area contributed by atoms with Gasteiger partial charge < -0.3 is 10.1 Å². The number of hydrogen-bond donors (Lipinski definition) is 1. The van der Waals surface area contributed by atoms with E-state index >= 15 is 0 Å². The lowest BCUT2D eigenvalue weighted by atomic mass is 10.0. The number of hydrogen-bond acceptors (Lipinski definition) is 4. The molecule has 0 aliphatic rings. The number of carbonyl (C=O) groups is 2. The summed E-state index contributed by atoms with van der Waals surface area (Å²) >= 11 is 4.88. The second-order valence-electron chi connectivity index (χ2n) is 6.20. The first-order valence-corrected chi connectivity index (χ1v) is 9.80. The molecule has 2 rings (SSSR count). The van der Waals surface area contributed by atoms with Crippen LogP contribution in [-0.2, 0) is 11.2 Å². The highest BCUT2D eigenvalue weighted by molar-refractivity contribution is 9.11. The first kappa shape index (κ1) is 19.7. The lowest BCUT2D eigenvalue weighted by molar-refractivity contribution is 0.0526. The second kappa shape index (κ2) is 8.63. The molecular formula is C19H22BrNO3S. The summed E-state index contributed by atoms with van der Waals surface area (Å²) in [5, 5.41) is 3.40. The lowest BCUT2D eigenvalue weighted by Gasteiger charge is -2.10. The van der Waals surface area contributed by atoms with Gasteiger partial charge in [0.25, 0.3) is 5.91 Å². The minimum absolute atomic E-state index is 0.237. The van der Waals surface area contributed by atoms with Crippen LogP contribution in [0.1, 0.15) is 52.6 Å². The van der Waals surface area contributed by atoms with Gasteiger partial charge in [-0.25, -0.2) is 4.79 Å². The van der Waals surface area contributed by atoms with E-state index in [9.17, 15) is 9.59 Å². The number of nitrogens with one attached hydrogen (secondary N) is 1. The van der Waals surface area contributed by atoms with Crippen LogP contribution in [0.4, 0.5) is 5.00 Å². The van der Waals surface area contributed by atoms with Crippen molar-refractivity contribution in [1.82, 2.24) is 0 Å². The van der Waals surface area contributed by atoms with E-state index in [0.29, 0.717) is 28.7 Å². The molecule has 2 aromatic rings. The lowest BCUT2D eigenvalue weighted by Crippen LogP contribution is -2.15. The van der Waals surface area contributed by atoms with Crippen LogP contribution in [-0.4, -0.2) is 18.5 Å². The third kappa shape index (κ3) is 4.92. The SMILES string of the molecule is CCOC(=O)c1c(NC(=O)c2cccc(C)c2)sc(Br)c1CC(C)C. The van der Waals surface area contributed by atoms with Gasteiger partial charge in [0.1, 0.15) is 5.00 Å². The van der Waals surface area contributed by atoms with E-state index in [0.717, 1.165) is 21.3 Å². The molecular weight excluding hydrogens is 402 g/mol. The van der Waals surface area contributed by atoms with Crippen molar-refractivity contribution in [2.45, 2.75) is 34.1 Å². The van der Waals surface area contributed by atoms with Crippen LogP contribution in [0.5, 0.6) is 0 Å². The molecule has 1 N–H and O–H groups in total. The summed E-state index contributed by atoms with van der Waals surface area (Å²) in [5.41, 5.74) is 2.90. The van der Waals surface area contributed by atoms with Crippen molar-refractivity contribution in [2.24, 2.45) is 5.92 Å². The molecule has 1 aromatic carbocycles. The van der Waals surface area contributed by atoms with Crippen molar-refractivity contribution in [3.8, 4) is 0 Å². The molecule has 25 heavy (non-hydrogen) atoms. The summed E-state index contributed by atoms with van der Waals surface area (Å²) < 4.78 is 6.06. The van der Waals surface area contributed by atoms with Crippen molar-refractivity contribution < 1.29 is 14.3 Å². The fourth-order valence-corrected chi connectivity index (χ4v) is 4.28. The third-order valence-electron chi connectivity index (χ3n) is 3.56. The molecule has 0 saturated heterocycles. The molecule has 0 saturated carbocycles. The van der Waals surface area contributed by atoms with Gasteiger partial charge in [0, 0.05) is 5.56 Å². The first-order chi connectivity index (χ1) is 11.8. The fourth-order valence-electron chi connectivity index (χ4n) is 2.50. The van der Waals surface area contributed by atoms with Crippen molar-refractivity contribution in [3.63, 3.8) is 0 Å². The number of esters is 1. The fraction of sp³-hybridized carbons (Fsp3) is 0.368. The van der Waals surface area contributed by atoms with Crippen molar-refractivity contribution in [3.05, 3.63) is 50.3 Å². The van der Waals surface area contributed by atoms with Gasteiger partial charge in [-0.2, -0.15) is 0 Å². The predicted molar refractivity (Wildman–Crippen MR) is 106 cm³/mol. The maximum atomic E-state index is 12.6. The average Bonchev–Trinajstić information content (AvgIpc) is 2.82. The van der Waals surface area contributed by atoms with E-state index in [-0.39, 0.29) is 5.91 Å². The van der Waals surface area contributed by atoms with Gasteiger partial charge in [0.05, 0.1) is 16.0 Å². The van der Waals surface area contributed by atoms with E-state index in [1.54, 1.807) is 13.0 Å². The third-order valence-corrected chi connectivity index (χ3v) is 5.46. The highest BCUT2D eigenvalue weighted by atomic mass is 79.9. The molecule has 0 aliphatic heterocycles. The summed E-state index contributed by atoms with van der Waals surface area (Å²) in [6, 6.07) is 7.34. The molecule has 0 atom stereocenters. The molecule has 1 heterocycles. The van der Waals surface area contributed by atoms with Crippen LogP contribution in [0.15, 0.2) is 28.1 Å². The standard InChI is InChI=1S/C19H22BrNO3S/c1-5-24-19(23)15-14(9-11(2)3)16(20)25-18(15)21-17(22)13-8-6-7-12(4)10-13/h6-8,10-11H,5,9H2,1-4H3,(H,21,22). The van der Waals surface area contributed by atoms with Crippen LogP contribution in [0.2, 0.25) is 0 Å². The van der Waals surface area contributed by atoms with Gasteiger partial charge in [-0.3, -0.25) is 4.79 Å². The number of anilines is 1. The predicted octanol–water partition coefficient (Wildman–Crippen LogP) is 5.45. The van der Waals surface area contributed by atoms with Crippen LogP contribution in [0.25, 0.3) is 0 Å². The summed E-state index contributed by atoms with van der Waals surface area (Å²) in [5.74, 6) is -0.266. The Morgan fingerprint density at radius 1 is 1.32 bits per heavy atom. The maximum Gasteiger partial charge on any atom is 0.341 e. The number of amides is 1. The molecule has 0 bridgehead atoms. The molecule has 4 nitrogen and oxygen atoms in total. The zero-order chi connectivity index (χ0) is 18.6. The number of aryl methyl sites for hydroxylation is 1. The molecule has 6 heteroatoms. The number of thiophene rings is 1. The molecule has 0 aliphatic carbocycles. The topological polar surface area (TPSA) is 55.4 Å².